The first-order chi connectivity index (χ1) is 12.1. The maximum absolute atomic E-state index is 12.8. The Balaban J connectivity index is 1.70. The van der Waals surface area contributed by atoms with E-state index in [0.717, 1.165) is 28.9 Å². The average Bonchev–Trinajstić information content (AvgIpc) is 3.07. The standard InChI is InChI=1S/C20H22N2O3/c21-19(23)8-10-22(14-15-4-2-1-3-5-15)20(24)13-16-6-7-18-17(12-16)9-11-25-18/h1-7,12H,8-11,13-14H2,(H2,21,23). The van der Waals surface area contributed by atoms with E-state index in [1.54, 1.807) is 4.90 Å². The molecule has 3 rings (SSSR count). The van der Waals surface area contributed by atoms with E-state index in [0.29, 0.717) is 26.1 Å². The minimum atomic E-state index is -0.402. The Morgan fingerprint density at radius 3 is 2.64 bits per heavy atom. The molecule has 0 saturated heterocycles. The normalized spacial score (nSPS) is 12.3. The summed E-state index contributed by atoms with van der Waals surface area (Å²) in [4.78, 5) is 25.6. The number of carbonyl (C=O) groups excluding carboxylic acids is 2. The zero-order chi connectivity index (χ0) is 17.6. The lowest BCUT2D eigenvalue weighted by molar-refractivity contribution is -0.131. The number of carbonyl (C=O) groups is 2. The molecule has 0 bridgehead atoms. The van der Waals surface area contributed by atoms with Crippen LogP contribution in [0.25, 0.3) is 0 Å². The van der Waals surface area contributed by atoms with E-state index >= 15 is 0 Å². The predicted octanol–water partition coefficient (Wildman–Crippen LogP) is 2.07. The summed E-state index contributed by atoms with van der Waals surface area (Å²) in [6, 6.07) is 15.6. The molecule has 1 aliphatic heterocycles. The summed E-state index contributed by atoms with van der Waals surface area (Å²) in [6.45, 7) is 1.50. The second kappa shape index (κ2) is 7.83. The fourth-order valence-corrected chi connectivity index (χ4v) is 2.98. The zero-order valence-corrected chi connectivity index (χ0v) is 14.1. The molecule has 5 nitrogen and oxygen atoms in total. The van der Waals surface area contributed by atoms with Crippen LogP contribution >= 0.6 is 0 Å². The third-order valence-corrected chi connectivity index (χ3v) is 4.31. The summed E-state index contributed by atoms with van der Waals surface area (Å²) in [5, 5.41) is 0. The van der Waals surface area contributed by atoms with Crippen molar-refractivity contribution in [2.45, 2.75) is 25.8 Å². The number of nitrogens with two attached hydrogens (primary N) is 1. The van der Waals surface area contributed by atoms with Crippen molar-refractivity contribution in [1.29, 1.82) is 0 Å². The highest BCUT2D eigenvalue weighted by atomic mass is 16.5. The van der Waals surface area contributed by atoms with Gasteiger partial charge in [-0.15, -0.1) is 0 Å². The summed E-state index contributed by atoms with van der Waals surface area (Å²) < 4.78 is 5.50. The molecule has 0 saturated carbocycles. The highest BCUT2D eigenvalue weighted by Gasteiger charge is 2.18. The Kier molecular flexibility index (Phi) is 5.33. The van der Waals surface area contributed by atoms with Crippen LogP contribution in [0.5, 0.6) is 5.75 Å². The molecule has 0 radical (unpaired) electrons. The summed E-state index contributed by atoms with van der Waals surface area (Å²) in [6.07, 6.45) is 1.35. The molecule has 5 heteroatoms. The SMILES string of the molecule is NC(=O)CCN(Cc1ccccc1)C(=O)Cc1ccc2c(c1)CCO2. The van der Waals surface area contributed by atoms with Gasteiger partial charge >= 0.3 is 0 Å². The van der Waals surface area contributed by atoms with E-state index in [4.69, 9.17) is 10.5 Å². The van der Waals surface area contributed by atoms with E-state index in [1.807, 2.05) is 48.5 Å². The van der Waals surface area contributed by atoms with E-state index < -0.39 is 5.91 Å². The second-order valence-corrected chi connectivity index (χ2v) is 6.23. The van der Waals surface area contributed by atoms with Crippen LogP contribution in [0.2, 0.25) is 0 Å². The van der Waals surface area contributed by atoms with Gasteiger partial charge in [-0.1, -0.05) is 42.5 Å². The molecule has 1 heterocycles. The van der Waals surface area contributed by atoms with Crippen molar-refractivity contribution in [2.24, 2.45) is 5.73 Å². The lowest BCUT2D eigenvalue weighted by Gasteiger charge is -2.22. The number of rotatable bonds is 7. The van der Waals surface area contributed by atoms with Gasteiger partial charge in [0.1, 0.15) is 5.75 Å². The summed E-state index contributed by atoms with van der Waals surface area (Å²) in [5.74, 6) is 0.496. The number of hydrogen-bond acceptors (Lipinski definition) is 3. The van der Waals surface area contributed by atoms with E-state index in [1.165, 1.54) is 0 Å². The lowest BCUT2D eigenvalue weighted by atomic mass is 10.1. The average molecular weight is 338 g/mol. The third-order valence-electron chi connectivity index (χ3n) is 4.31. The molecule has 1 aliphatic rings. The van der Waals surface area contributed by atoms with Crippen LogP contribution in [-0.4, -0.2) is 29.9 Å². The number of nitrogens with zero attached hydrogens (tertiary/aromatic N) is 1. The number of amides is 2. The number of benzene rings is 2. The topological polar surface area (TPSA) is 72.6 Å². The Morgan fingerprint density at radius 2 is 1.88 bits per heavy atom. The molecular weight excluding hydrogens is 316 g/mol. The van der Waals surface area contributed by atoms with Gasteiger partial charge in [-0.05, 0) is 22.8 Å². The van der Waals surface area contributed by atoms with Crippen molar-refractivity contribution in [2.75, 3.05) is 13.2 Å². The molecule has 0 fully saturated rings. The van der Waals surface area contributed by atoms with Crippen molar-refractivity contribution in [1.82, 2.24) is 4.90 Å². The van der Waals surface area contributed by atoms with Crippen LogP contribution < -0.4 is 10.5 Å². The molecule has 0 aromatic heterocycles. The zero-order valence-electron chi connectivity index (χ0n) is 14.1. The molecule has 2 amide bonds. The maximum atomic E-state index is 12.8. The summed E-state index contributed by atoms with van der Waals surface area (Å²) in [5.41, 5.74) is 8.40. The van der Waals surface area contributed by atoms with Crippen molar-refractivity contribution < 1.29 is 14.3 Å². The van der Waals surface area contributed by atoms with Crippen LogP contribution in [0.1, 0.15) is 23.1 Å². The van der Waals surface area contributed by atoms with Gasteiger partial charge < -0.3 is 15.4 Å². The van der Waals surface area contributed by atoms with Crippen LogP contribution in [0.4, 0.5) is 0 Å². The first kappa shape index (κ1) is 17.0. The molecule has 2 N–H and O–H groups in total. The van der Waals surface area contributed by atoms with Crippen molar-refractivity contribution in [3.8, 4) is 5.75 Å². The second-order valence-electron chi connectivity index (χ2n) is 6.23. The fraction of sp³-hybridized carbons (Fsp3) is 0.300. The molecule has 0 spiro atoms. The monoisotopic (exact) mass is 338 g/mol. The molecule has 0 unspecified atom stereocenters. The highest BCUT2D eigenvalue weighted by Crippen LogP contribution is 2.26. The predicted molar refractivity (Wildman–Crippen MR) is 95.0 cm³/mol. The van der Waals surface area contributed by atoms with Gasteiger partial charge in [-0.2, -0.15) is 0 Å². The molecule has 25 heavy (non-hydrogen) atoms. The molecule has 130 valence electrons. The highest BCUT2D eigenvalue weighted by molar-refractivity contribution is 5.80. The molecule has 2 aromatic rings. The minimum Gasteiger partial charge on any atom is -0.493 e. The van der Waals surface area contributed by atoms with Crippen molar-refractivity contribution >= 4 is 11.8 Å². The van der Waals surface area contributed by atoms with Crippen molar-refractivity contribution in [3.63, 3.8) is 0 Å². The van der Waals surface area contributed by atoms with Crippen LogP contribution in [0.3, 0.4) is 0 Å². The Hall–Kier alpha value is -2.82. The molecule has 0 aliphatic carbocycles. The Labute approximate surface area is 147 Å². The van der Waals surface area contributed by atoms with Gasteiger partial charge in [-0.25, -0.2) is 0 Å². The third kappa shape index (κ3) is 4.59. The van der Waals surface area contributed by atoms with Crippen LogP contribution in [-0.2, 0) is 29.0 Å². The lowest BCUT2D eigenvalue weighted by Crippen LogP contribution is -2.34. The first-order valence-corrected chi connectivity index (χ1v) is 8.46. The van der Waals surface area contributed by atoms with Crippen LogP contribution in [0, 0.1) is 0 Å². The quantitative estimate of drug-likeness (QED) is 0.840. The van der Waals surface area contributed by atoms with Gasteiger partial charge in [0.25, 0.3) is 0 Å². The maximum Gasteiger partial charge on any atom is 0.227 e. The van der Waals surface area contributed by atoms with E-state index in [2.05, 4.69) is 0 Å². The number of primary amides is 1. The molecule has 0 atom stereocenters. The summed E-state index contributed by atoms with van der Waals surface area (Å²) in [7, 11) is 0. The Morgan fingerprint density at radius 1 is 1.08 bits per heavy atom. The molecule has 2 aromatic carbocycles. The van der Waals surface area contributed by atoms with Gasteiger partial charge in [-0.3, -0.25) is 9.59 Å². The van der Waals surface area contributed by atoms with Gasteiger partial charge in [0.05, 0.1) is 13.0 Å². The Bertz CT molecular complexity index is 759. The minimum absolute atomic E-state index is 0.0102. The van der Waals surface area contributed by atoms with Crippen LogP contribution in [0.15, 0.2) is 48.5 Å². The summed E-state index contributed by atoms with van der Waals surface area (Å²) >= 11 is 0. The van der Waals surface area contributed by atoms with Crippen molar-refractivity contribution in [3.05, 3.63) is 65.2 Å². The van der Waals surface area contributed by atoms with E-state index in [9.17, 15) is 9.59 Å². The van der Waals surface area contributed by atoms with Gasteiger partial charge in [0, 0.05) is 25.9 Å². The number of fused-ring (bicyclic) bond motifs is 1. The molecular formula is C20H22N2O3. The van der Waals surface area contributed by atoms with Gasteiger partial charge in [0.2, 0.25) is 11.8 Å². The first-order valence-electron chi connectivity index (χ1n) is 8.46. The number of ether oxygens (including phenoxy) is 1. The smallest absolute Gasteiger partial charge is 0.227 e. The fourth-order valence-electron chi connectivity index (χ4n) is 2.98. The largest absolute Gasteiger partial charge is 0.493 e. The van der Waals surface area contributed by atoms with Gasteiger partial charge in [0.15, 0.2) is 0 Å². The van der Waals surface area contributed by atoms with E-state index in [-0.39, 0.29) is 12.3 Å². The number of hydrogen-bond donors (Lipinski definition) is 1.